The second kappa shape index (κ2) is 5.74. The van der Waals surface area contributed by atoms with E-state index in [1.807, 2.05) is 11.3 Å². The smallest absolute Gasteiger partial charge is 0.306 e. The highest BCUT2D eigenvalue weighted by molar-refractivity contribution is 7.19. The molecule has 0 unspecified atom stereocenters. The molecular formula is C17H21N3O2S. The molecule has 0 atom stereocenters. The largest absolute Gasteiger partial charge is 0.481 e. The van der Waals surface area contributed by atoms with E-state index in [9.17, 15) is 9.90 Å². The van der Waals surface area contributed by atoms with Crippen molar-refractivity contribution < 1.29 is 9.90 Å². The summed E-state index contributed by atoms with van der Waals surface area (Å²) in [6.07, 6.45) is 5.76. The van der Waals surface area contributed by atoms with Gasteiger partial charge in [-0.15, -0.1) is 11.3 Å². The van der Waals surface area contributed by atoms with Crippen molar-refractivity contribution in [3.8, 4) is 0 Å². The molecule has 1 fully saturated rings. The van der Waals surface area contributed by atoms with Gasteiger partial charge in [0.2, 0.25) is 0 Å². The average molecular weight is 331 g/mol. The SMILES string of the molecule is CCc1nc(N2CCC(C(=O)O)CC2)c2c3c(sc2n1)CCC3. The average Bonchev–Trinajstić information content (AvgIpc) is 3.14. The first-order valence-electron chi connectivity index (χ1n) is 8.46. The first kappa shape index (κ1) is 14.9. The van der Waals surface area contributed by atoms with E-state index in [1.165, 1.54) is 28.7 Å². The Kier molecular flexibility index (Phi) is 3.71. The summed E-state index contributed by atoms with van der Waals surface area (Å²) >= 11 is 1.83. The second-order valence-corrected chi connectivity index (χ2v) is 7.54. The van der Waals surface area contributed by atoms with Crippen LogP contribution in [0.4, 0.5) is 5.82 Å². The van der Waals surface area contributed by atoms with Gasteiger partial charge in [-0.2, -0.15) is 0 Å². The number of carboxylic acids is 1. The Morgan fingerprint density at radius 2 is 2.09 bits per heavy atom. The van der Waals surface area contributed by atoms with E-state index in [0.29, 0.717) is 12.8 Å². The van der Waals surface area contributed by atoms with Crippen molar-refractivity contribution in [3.05, 3.63) is 16.3 Å². The Bertz CT molecular complexity index is 763. The Morgan fingerprint density at radius 1 is 1.30 bits per heavy atom. The van der Waals surface area contributed by atoms with Gasteiger partial charge in [0.05, 0.1) is 11.3 Å². The van der Waals surface area contributed by atoms with Crippen LogP contribution in [0, 0.1) is 5.92 Å². The van der Waals surface area contributed by atoms with Gasteiger partial charge in [-0.3, -0.25) is 4.79 Å². The van der Waals surface area contributed by atoms with Crippen LogP contribution in [0.15, 0.2) is 0 Å². The third-order valence-corrected chi connectivity index (χ3v) is 6.24. The number of thiophene rings is 1. The third kappa shape index (κ3) is 2.49. The number of nitrogens with zero attached hydrogens (tertiary/aromatic N) is 3. The number of carboxylic acid groups (broad SMARTS) is 1. The fourth-order valence-electron chi connectivity index (χ4n) is 3.74. The Morgan fingerprint density at radius 3 is 2.78 bits per heavy atom. The number of aryl methyl sites for hydroxylation is 3. The number of aromatic nitrogens is 2. The third-order valence-electron chi connectivity index (χ3n) is 5.05. The van der Waals surface area contributed by atoms with E-state index < -0.39 is 5.97 Å². The zero-order chi connectivity index (χ0) is 16.0. The normalized spacial score (nSPS) is 18.6. The summed E-state index contributed by atoms with van der Waals surface area (Å²) < 4.78 is 0. The topological polar surface area (TPSA) is 66.3 Å². The molecule has 2 aromatic heterocycles. The number of anilines is 1. The first-order valence-corrected chi connectivity index (χ1v) is 9.28. The molecule has 2 aliphatic rings. The van der Waals surface area contributed by atoms with Crippen molar-refractivity contribution in [3.63, 3.8) is 0 Å². The van der Waals surface area contributed by atoms with Crippen LogP contribution < -0.4 is 4.90 Å². The molecule has 1 aliphatic carbocycles. The van der Waals surface area contributed by atoms with Gasteiger partial charge in [-0.25, -0.2) is 9.97 Å². The molecular weight excluding hydrogens is 310 g/mol. The number of aliphatic carboxylic acids is 1. The Labute approximate surface area is 139 Å². The molecule has 0 amide bonds. The molecule has 0 spiro atoms. The molecule has 23 heavy (non-hydrogen) atoms. The van der Waals surface area contributed by atoms with Crippen LogP contribution in [0.3, 0.4) is 0 Å². The van der Waals surface area contributed by atoms with Crippen LogP contribution in [0.25, 0.3) is 10.2 Å². The van der Waals surface area contributed by atoms with Crippen LogP contribution in [0.5, 0.6) is 0 Å². The highest BCUT2D eigenvalue weighted by atomic mass is 32.1. The molecule has 0 radical (unpaired) electrons. The van der Waals surface area contributed by atoms with E-state index in [4.69, 9.17) is 9.97 Å². The van der Waals surface area contributed by atoms with Gasteiger partial charge in [0, 0.05) is 24.4 Å². The lowest BCUT2D eigenvalue weighted by Gasteiger charge is -2.31. The molecule has 1 N–H and O–H groups in total. The van der Waals surface area contributed by atoms with Gasteiger partial charge >= 0.3 is 5.97 Å². The fraction of sp³-hybridized carbons (Fsp3) is 0.588. The van der Waals surface area contributed by atoms with Crippen LogP contribution in [-0.2, 0) is 24.1 Å². The standard InChI is InChI=1S/C17H21N3O2S/c1-2-13-18-15(20-8-6-10(7-9-20)17(21)22)14-11-4-3-5-12(11)23-16(14)19-13/h10H,2-9H2,1H3,(H,21,22). The van der Waals surface area contributed by atoms with Crippen LogP contribution >= 0.6 is 11.3 Å². The predicted molar refractivity (Wildman–Crippen MR) is 91.4 cm³/mol. The molecule has 2 aromatic rings. The molecule has 1 aliphatic heterocycles. The molecule has 122 valence electrons. The maximum Gasteiger partial charge on any atom is 0.306 e. The summed E-state index contributed by atoms with van der Waals surface area (Å²) in [6, 6.07) is 0. The van der Waals surface area contributed by atoms with Gasteiger partial charge < -0.3 is 10.0 Å². The van der Waals surface area contributed by atoms with Crippen LogP contribution in [0.2, 0.25) is 0 Å². The van der Waals surface area contributed by atoms with E-state index in [2.05, 4.69) is 11.8 Å². The van der Waals surface area contributed by atoms with Crippen molar-refractivity contribution >= 4 is 33.3 Å². The van der Waals surface area contributed by atoms with E-state index in [0.717, 1.165) is 42.4 Å². The van der Waals surface area contributed by atoms with Crippen molar-refractivity contribution in [2.24, 2.45) is 5.92 Å². The summed E-state index contributed by atoms with van der Waals surface area (Å²) in [4.78, 5) is 25.6. The first-order chi connectivity index (χ1) is 11.2. The lowest BCUT2D eigenvalue weighted by atomic mass is 9.97. The molecule has 0 saturated carbocycles. The molecule has 5 nitrogen and oxygen atoms in total. The summed E-state index contributed by atoms with van der Waals surface area (Å²) in [6.45, 7) is 3.64. The molecule has 1 saturated heterocycles. The van der Waals surface area contributed by atoms with E-state index in [-0.39, 0.29) is 5.92 Å². The predicted octanol–water partition coefficient (Wildman–Crippen LogP) is 3.04. The monoisotopic (exact) mass is 331 g/mol. The van der Waals surface area contributed by atoms with Gasteiger partial charge in [0.1, 0.15) is 16.5 Å². The number of fused-ring (bicyclic) bond motifs is 3. The van der Waals surface area contributed by atoms with Gasteiger partial charge in [0.15, 0.2) is 0 Å². The lowest BCUT2D eigenvalue weighted by molar-refractivity contribution is -0.142. The minimum atomic E-state index is -0.664. The van der Waals surface area contributed by atoms with Crippen LogP contribution in [0.1, 0.15) is 42.5 Å². The Balaban J connectivity index is 1.75. The minimum Gasteiger partial charge on any atom is -0.481 e. The van der Waals surface area contributed by atoms with Gasteiger partial charge in [-0.05, 0) is 37.7 Å². The zero-order valence-corrected chi connectivity index (χ0v) is 14.2. The summed E-state index contributed by atoms with van der Waals surface area (Å²) in [7, 11) is 0. The van der Waals surface area contributed by atoms with E-state index >= 15 is 0 Å². The minimum absolute atomic E-state index is 0.206. The van der Waals surface area contributed by atoms with Crippen molar-refractivity contribution in [1.29, 1.82) is 0 Å². The highest BCUT2D eigenvalue weighted by Gasteiger charge is 2.29. The molecule has 4 rings (SSSR count). The van der Waals surface area contributed by atoms with Gasteiger partial charge in [-0.1, -0.05) is 6.92 Å². The summed E-state index contributed by atoms with van der Waals surface area (Å²) in [5.41, 5.74) is 1.45. The van der Waals surface area contributed by atoms with E-state index in [1.54, 1.807) is 0 Å². The number of rotatable bonds is 3. The molecule has 0 bridgehead atoms. The number of hydrogen-bond acceptors (Lipinski definition) is 5. The molecule has 0 aromatic carbocycles. The lowest BCUT2D eigenvalue weighted by Crippen LogP contribution is -2.37. The maximum absolute atomic E-state index is 11.2. The van der Waals surface area contributed by atoms with Crippen molar-refractivity contribution in [1.82, 2.24) is 9.97 Å². The highest BCUT2D eigenvalue weighted by Crippen LogP contribution is 2.41. The number of carbonyl (C=O) groups is 1. The maximum atomic E-state index is 11.2. The number of hydrogen-bond donors (Lipinski definition) is 1. The Hall–Kier alpha value is -1.69. The summed E-state index contributed by atoms with van der Waals surface area (Å²) in [5.74, 6) is 1.08. The molecule has 6 heteroatoms. The number of piperidine rings is 1. The van der Waals surface area contributed by atoms with Crippen LogP contribution in [-0.4, -0.2) is 34.1 Å². The van der Waals surface area contributed by atoms with Gasteiger partial charge in [0.25, 0.3) is 0 Å². The zero-order valence-electron chi connectivity index (χ0n) is 13.3. The van der Waals surface area contributed by atoms with Crippen molar-refractivity contribution in [2.75, 3.05) is 18.0 Å². The summed E-state index contributed by atoms with van der Waals surface area (Å²) in [5, 5.41) is 10.4. The quantitative estimate of drug-likeness (QED) is 0.936. The second-order valence-electron chi connectivity index (χ2n) is 6.45. The molecule has 3 heterocycles. The fourth-order valence-corrected chi connectivity index (χ4v) is 5.02. The van der Waals surface area contributed by atoms with Crippen molar-refractivity contribution in [2.45, 2.75) is 45.4 Å².